The second-order valence-electron chi connectivity index (χ2n) is 5.20. The normalized spacial score (nSPS) is 11.6. The Bertz CT molecular complexity index is 1060. The van der Waals surface area contributed by atoms with Crippen LogP contribution in [0.25, 0.3) is 27.3 Å². The molecule has 0 unspecified atom stereocenters. The molecule has 0 bridgehead atoms. The van der Waals surface area contributed by atoms with E-state index in [1.807, 2.05) is 23.5 Å². The molecule has 0 N–H and O–H groups in total. The predicted octanol–water partition coefficient (Wildman–Crippen LogP) is 4.75. The molecule has 0 saturated heterocycles. The van der Waals surface area contributed by atoms with E-state index in [2.05, 4.69) is 4.98 Å². The molecule has 4 rings (SSSR count). The summed E-state index contributed by atoms with van der Waals surface area (Å²) in [6.07, 6.45) is 0. The van der Waals surface area contributed by atoms with E-state index in [1.165, 1.54) is 0 Å². The fourth-order valence-electron chi connectivity index (χ4n) is 2.96. The summed E-state index contributed by atoms with van der Waals surface area (Å²) >= 11 is 6.02. The van der Waals surface area contributed by atoms with Crippen molar-refractivity contribution in [2.75, 3.05) is 7.11 Å². The van der Waals surface area contributed by atoms with Crippen LogP contribution in [0.1, 0.15) is 5.82 Å². The minimum absolute atomic E-state index is 0.272. The highest BCUT2D eigenvalue weighted by atomic mass is 35.5. The van der Waals surface area contributed by atoms with E-state index in [-0.39, 0.29) is 5.82 Å². The maximum atomic E-state index is 15.0. The Morgan fingerprint density at radius 1 is 1.14 bits per heavy atom. The second kappa shape index (κ2) is 4.58. The molecule has 110 valence electrons. The smallest absolute Gasteiger partial charge is 0.157 e. The fourth-order valence-corrected chi connectivity index (χ4v) is 3.12. The maximum absolute atomic E-state index is 15.0. The van der Waals surface area contributed by atoms with Gasteiger partial charge in [0.05, 0.1) is 23.7 Å². The zero-order chi connectivity index (χ0) is 15.4. The van der Waals surface area contributed by atoms with Gasteiger partial charge in [-0.05, 0) is 43.3 Å². The molecule has 22 heavy (non-hydrogen) atoms. The van der Waals surface area contributed by atoms with Crippen LogP contribution < -0.4 is 4.74 Å². The van der Waals surface area contributed by atoms with E-state index < -0.39 is 0 Å². The largest absolute Gasteiger partial charge is 0.497 e. The first-order valence-electron chi connectivity index (χ1n) is 6.83. The minimum atomic E-state index is -0.272. The average Bonchev–Trinajstić information content (AvgIpc) is 2.81. The molecule has 0 fully saturated rings. The quantitative estimate of drug-likeness (QED) is 0.507. The number of aromatic nitrogens is 2. The van der Waals surface area contributed by atoms with Gasteiger partial charge in [0.1, 0.15) is 11.6 Å². The van der Waals surface area contributed by atoms with E-state index in [0.29, 0.717) is 33.0 Å². The van der Waals surface area contributed by atoms with Crippen LogP contribution >= 0.6 is 11.6 Å². The van der Waals surface area contributed by atoms with E-state index >= 15 is 4.39 Å². The number of hydrogen-bond acceptors (Lipinski definition) is 2. The summed E-state index contributed by atoms with van der Waals surface area (Å²) in [5.74, 6) is 1.07. The highest BCUT2D eigenvalue weighted by Crippen LogP contribution is 2.33. The molecule has 2 aromatic carbocycles. The first-order chi connectivity index (χ1) is 10.6. The Morgan fingerprint density at radius 3 is 2.73 bits per heavy atom. The molecule has 0 radical (unpaired) electrons. The standard InChI is InChI=1S/C17H12ClFN2O/c1-9-20-14-7-10(18)3-5-12(14)17-16(19)13-8-11(22-2)4-6-15(13)21(9)17/h3-8H,1-2H3. The SMILES string of the molecule is COc1ccc2c(c1)c(F)c1c3ccc(Cl)cc3nc(C)n21. The van der Waals surface area contributed by atoms with Crippen molar-refractivity contribution in [2.24, 2.45) is 0 Å². The van der Waals surface area contributed by atoms with Crippen molar-refractivity contribution in [2.45, 2.75) is 6.92 Å². The molecule has 0 aliphatic carbocycles. The lowest BCUT2D eigenvalue weighted by atomic mass is 10.2. The van der Waals surface area contributed by atoms with Gasteiger partial charge in [0.25, 0.3) is 0 Å². The molecule has 0 spiro atoms. The second-order valence-corrected chi connectivity index (χ2v) is 5.64. The van der Waals surface area contributed by atoms with Crippen LogP contribution in [0.4, 0.5) is 4.39 Å². The summed E-state index contributed by atoms with van der Waals surface area (Å²) in [7, 11) is 1.57. The third kappa shape index (κ3) is 1.70. The summed E-state index contributed by atoms with van der Waals surface area (Å²) in [4.78, 5) is 4.55. The third-order valence-electron chi connectivity index (χ3n) is 3.93. The van der Waals surface area contributed by atoms with Gasteiger partial charge in [-0.1, -0.05) is 11.6 Å². The molecular formula is C17H12ClFN2O. The molecule has 0 aliphatic rings. The number of rotatable bonds is 1. The molecular weight excluding hydrogens is 303 g/mol. The summed E-state index contributed by atoms with van der Waals surface area (Å²) < 4.78 is 22.0. The van der Waals surface area contributed by atoms with Gasteiger partial charge in [-0.15, -0.1) is 0 Å². The molecule has 0 atom stereocenters. The van der Waals surface area contributed by atoms with Crippen molar-refractivity contribution in [3.05, 3.63) is 53.1 Å². The van der Waals surface area contributed by atoms with Crippen LogP contribution in [0.2, 0.25) is 5.02 Å². The molecule has 2 aromatic heterocycles. The number of methoxy groups -OCH3 is 1. The highest BCUT2D eigenvalue weighted by molar-refractivity contribution is 6.31. The molecule has 0 aliphatic heterocycles. The van der Waals surface area contributed by atoms with Crippen LogP contribution in [0.3, 0.4) is 0 Å². The summed E-state index contributed by atoms with van der Waals surface area (Å²) in [5.41, 5.74) is 1.98. The fraction of sp³-hybridized carbons (Fsp3) is 0.118. The number of aryl methyl sites for hydroxylation is 1. The third-order valence-corrected chi connectivity index (χ3v) is 4.17. The van der Waals surface area contributed by atoms with Crippen molar-refractivity contribution in [3.8, 4) is 5.75 Å². The Morgan fingerprint density at radius 2 is 1.95 bits per heavy atom. The van der Waals surface area contributed by atoms with Gasteiger partial charge in [0, 0.05) is 15.8 Å². The van der Waals surface area contributed by atoms with Gasteiger partial charge >= 0.3 is 0 Å². The molecule has 3 nitrogen and oxygen atoms in total. The zero-order valence-electron chi connectivity index (χ0n) is 12.0. The summed E-state index contributed by atoms with van der Waals surface area (Å²) in [6.45, 7) is 1.86. The van der Waals surface area contributed by atoms with Crippen molar-refractivity contribution in [1.29, 1.82) is 0 Å². The van der Waals surface area contributed by atoms with Crippen LogP contribution in [0.15, 0.2) is 36.4 Å². The zero-order valence-corrected chi connectivity index (χ0v) is 12.8. The van der Waals surface area contributed by atoms with Gasteiger partial charge in [0.15, 0.2) is 5.82 Å². The molecule has 4 aromatic rings. The summed E-state index contributed by atoms with van der Waals surface area (Å²) in [5, 5.41) is 1.84. The lowest BCUT2D eigenvalue weighted by Crippen LogP contribution is -1.96. The Labute approximate surface area is 130 Å². The number of ether oxygens (including phenoxy) is 1. The number of nitrogens with zero attached hydrogens (tertiary/aromatic N) is 2. The van der Waals surface area contributed by atoms with E-state index in [1.54, 1.807) is 31.4 Å². The van der Waals surface area contributed by atoms with Crippen LogP contribution in [0, 0.1) is 12.7 Å². The molecule has 0 amide bonds. The van der Waals surface area contributed by atoms with Crippen molar-refractivity contribution in [1.82, 2.24) is 9.38 Å². The summed E-state index contributed by atoms with van der Waals surface area (Å²) in [6, 6.07) is 10.7. The Hall–Kier alpha value is -2.33. The molecule has 2 heterocycles. The Balaban J connectivity index is 2.28. The molecule has 5 heteroatoms. The number of fused-ring (bicyclic) bond motifs is 5. The van der Waals surface area contributed by atoms with Gasteiger partial charge in [-0.25, -0.2) is 9.37 Å². The number of benzene rings is 2. The van der Waals surface area contributed by atoms with E-state index in [9.17, 15) is 0 Å². The first kappa shape index (κ1) is 13.3. The number of hydrogen-bond donors (Lipinski definition) is 0. The van der Waals surface area contributed by atoms with Gasteiger partial charge < -0.3 is 4.74 Å². The minimum Gasteiger partial charge on any atom is -0.497 e. The lowest BCUT2D eigenvalue weighted by molar-refractivity contribution is 0.415. The molecule has 0 saturated carbocycles. The van der Waals surface area contributed by atoms with Gasteiger partial charge in [-0.2, -0.15) is 0 Å². The van der Waals surface area contributed by atoms with E-state index in [0.717, 1.165) is 10.9 Å². The maximum Gasteiger partial charge on any atom is 0.157 e. The van der Waals surface area contributed by atoms with Crippen molar-refractivity contribution >= 4 is 38.9 Å². The van der Waals surface area contributed by atoms with Crippen LogP contribution in [0.5, 0.6) is 5.75 Å². The lowest BCUT2D eigenvalue weighted by Gasteiger charge is -2.06. The van der Waals surface area contributed by atoms with Crippen LogP contribution in [-0.2, 0) is 0 Å². The van der Waals surface area contributed by atoms with Crippen molar-refractivity contribution < 1.29 is 9.13 Å². The predicted molar refractivity (Wildman–Crippen MR) is 86.5 cm³/mol. The number of halogens is 2. The van der Waals surface area contributed by atoms with Gasteiger partial charge in [-0.3, -0.25) is 4.40 Å². The topological polar surface area (TPSA) is 26.5 Å². The van der Waals surface area contributed by atoms with Gasteiger partial charge in [0.2, 0.25) is 0 Å². The van der Waals surface area contributed by atoms with Crippen LogP contribution in [-0.4, -0.2) is 16.5 Å². The Kier molecular flexibility index (Phi) is 2.78. The van der Waals surface area contributed by atoms with Crippen molar-refractivity contribution in [3.63, 3.8) is 0 Å². The average molecular weight is 315 g/mol. The first-order valence-corrected chi connectivity index (χ1v) is 7.21. The highest BCUT2D eigenvalue weighted by Gasteiger charge is 2.17. The monoisotopic (exact) mass is 314 g/mol. The van der Waals surface area contributed by atoms with E-state index in [4.69, 9.17) is 16.3 Å².